The Morgan fingerprint density at radius 3 is 2.70 bits per heavy atom. The fraction of sp³-hybridized carbons (Fsp3) is 0.353. The van der Waals surface area contributed by atoms with Crippen molar-refractivity contribution in [3.05, 3.63) is 29.5 Å². The fourth-order valence-corrected chi connectivity index (χ4v) is 3.79. The highest BCUT2D eigenvalue weighted by Crippen LogP contribution is 2.35. The average molecular weight is 332 g/mol. The van der Waals surface area contributed by atoms with Crippen LogP contribution in [0.1, 0.15) is 31.5 Å². The Morgan fingerprint density at radius 2 is 2.09 bits per heavy atom. The van der Waals surface area contributed by atoms with Crippen molar-refractivity contribution in [2.24, 2.45) is 0 Å². The lowest BCUT2D eigenvalue weighted by atomic mass is 10.1. The molecule has 2 rings (SSSR count). The van der Waals surface area contributed by atoms with Crippen molar-refractivity contribution in [1.29, 1.82) is 0 Å². The lowest BCUT2D eigenvalue weighted by molar-refractivity contribution is -0.136. The number of para-hydroxylation sites is 1. The summed E-state index contributed by atoms with van der Waals surface area (Å²) in [6, 6.07) is 5.67. The molecule has 122 valence electrons. The molecule has 0 atom stereocenters. The number of aliphatic carboxylic acids is 1. The third-order valence-electron chi connectivity index (χ3n) is 3.50. The summed E-state index contributed by atoms with van der Waals surface area (Å²) in [6.07, 6.45) is 0.941. The number of pyridine rings is 1. The van der Waals surface area contributed by atoms with E-state index in [9.17, 15) is 9.59 Å². The van der Waals surface area contributed by atoms with Gasteiger partial charge in [0, 0.05) is 28.7 Å². The molecule has 0 aliphatic carbocycles. The lowest BCUT2D eigenvalue weighted by Crippen LogP contribution is -2.08. The van der Waals surface area contributed by atoms with Gasteiger partial charge in [-0.1, -0.05) is 19.1 Å². The number of carboxylic acid groups (broad SMARTS) is 1. The van der Waals surface area contributed by atoms with Crippen LogP contribution in [0.2, 0.25) is 0 Å². The first-order chi connectivity index (χ1) is 10.9. The number of thioether (sulfide) groups is 1. The Bertz CT molecular complexity index is 759. The van der Waals surface area contributed by atoms with E-state index in [1.807, 2.05) is 25.1 Å². The van der Waals surface area contributed by atoms with Gasteiger partial charge in [0.1, 0.15) is 0 Å². The van der Waals surface area contributed by atoms with E-state index in [0.29, 0.717) is 11.4 Å². The van der Waals surface area contributed by atoms with Crippen LogP contribution in [0.4, 0.5) is 5.69 Å². The van der Waals surface area contributed by atoms with Crippen LogP contribution in [-0.4, -0.2) is 27.7 Å². The Kier molecular flexibility index (Phi) is 5.60. The number of hydrogen-bond donors (Lipinski definition) is 2. The van der Waals surface area contributed by atoms with E-state index < -0.39 is 5.97 Å². The summed E-state index contributed by atoms with van der Waals surface area (Å²) in [4.78, 5) is 27.9. The molecule has 1 amide bonds. The van der Waals surface area contributed by atoms with Crippen LogP contribution in [0.15, 0.2) is 23.1 Å². The Balaban J connectivity index is 2.56. The maximum atomic E-state index is 11.4. The summed E-state index contributed by atoms with van der Waals surface area (Å²) in [5.74, 6) is -0.438. The zero-order chi connectivity index (χ0) is 17.0. The summed E-state index contributed by atoms with van der Waals surface area (Å²) in [7, 11) is 0. The highest BCUT2D eigenvalue weighted by atomic mass is 32.2. The average Bonchev–Trinajstić information content (AvgIpc) is 2.47. The maximum Gasteiger partial charge on any atom is 0.304 e. The number of amides is 1. The van der Waals surface area contributed by atoms with E-state index in [1.54, 1.807) is 0 Å². The lowest BCUT2D eigenvalue weighted by Gasteiger charge is -2.15. The van der Waals surface area contributed by atoms with Gasteiger partial charge in [0.15, 0.2) is 0 Å². The monoisotopic (exact) mass is 332 g/mol. The van der Waals surface area contributed by atoms with E-state index in [1.165, 1.54) is 18.7 Å². The van der Waals surface area contributed by atoms with Crippen molar-refractivity contribution in [3.8, 4) is 0 Å². The summed E-state index contributed by atoms with van der Waals surface area (Å²) in [6.45, 7) is 5.48. The molecule has 2 aromatic rings. The normalized spacial score (nSPS) is 10.7. The second-order valence-electron chi connectivity index (χ2n) is 5.23. The van der Waals surface area contributed by atoms with Crippen molar-refractivity contribution in [2.45, 2.75) is 38.5 Å². The first kappa shape index (κ1) is 17.3. The number of hydrogen-bond acceptors (Lipinski definition) is 4. The summed E-state index contributed by atoms with van der Waals surface area (Å²) < 4.78 is 0. The van der Waals surface area contributed by atoms with E-state index in [0.717, 1.165) is 33.5 Å². The number of aryl methyl sites for hydroxylation is 1. The molecule has 1 aromatic heterocycles. The predicted molar refractivity (Wildman–Crippen MR) is 93.1 cm³/mol. The zero-order valence-electron chi connectivity index (χ0n) is 13.5. The molecule has 5 nitrogen and oxygen atoms in total. The number of carbonyl (C=O) groups excluding carboxylic acids is 1. The van der Waals surface area contributed by atoms with Crippen LogP contribution in [0.3, 0.4) is 0 Å². The molecule has 6 heteroatoms. The van der Waals surface area contributed by atoms with E-state index in [-0.39, 0.29) is 12.3 Å². The highest BCUT2D eigenvalue weighted by Gasteiger charge is 2.15. The van der Waals surface area contributed by atoms with Crippen molar-refractivity contribution in [2.75, 3.05) is 11.1 Å². The van der Waals surface area contributed by atoms with Crippen molar-refractivity contribution >= 4 is 40.2 Å². The van der Waals surface area contributed by atoms with Gasteiger partial charge in [0.2, 0.25) is 5.91 Å². The molecule has 0 spiro atoms. The third kappa shape index (κ3) is 4.01. The molecule has 23 heavy (non-hydrogen) atoms. The van der Waals surface area contributed by atoms with Crippen molar-refractivity contribution in [3.63, 3.8) is 0 Å². The quantitative estimate of drug-likeness (QED) is 0.790. The topological polar surface area (TPSA) is 79.3 Å². The van der Waals surface area contributed by atoms with Crippen LogP contribution >= 0.6 is 11.8 Å². The number of rotatable bonds is 6. The molecule has 0 aliphatic rings. The number of benzene rings is 1. The van der Waals surface area contributed by atoms with Gasteiger partial charge in [-0.15, -0.1) is 11.8 Å². The van der Waals surface area contributed by atoms with Crippen LogP contribution < -0.4 is 5.32 Å². The molecular weight excluding hydrogens is 312 g/mol. The van der Waals surface area contributed by atoms with Gasteiger partial charge in [-0.25, -0.2) is 0 Å². The van der Waals surface area contributed by atoms with Gasteiger partial charge < -0.3 is 10.4 Å². The molecule has 2 N–H and O–H groups in total. The van der Waals surface area contributed by atoms with E-state index in [2.05, 4.69) is 17.2 Å². The first-order valence-corrected chi connectivity index (χ1v) is 8.47. The third-order valence-corrected chi connectivity index (χ3v) is 4.66. The Morgan fingerprint density at radius 1 is 1.35 bits per heavy atom. The second-order valence-corrected chi connectivity index (χ2v) is 6.34. The summed E-state index contributed by atoms with van der Waals surface area (Å²) >= 11 is 1.54. The molecule has 0 saturated heterocycles. The molecular formula is C17H20N2O3S. The molecule has 0 aliphatic heterocycles. The van der Waals surface area contributed by atoms with Gasteiger partial charge in [-0.05, 0) is 25.0 Å². The van der Waals surface area contributed by atoms with Gasteiger partial charge >= 0.3 is 5.97 Å². The molecule has 0 bridgehead atoms. The number of aromatic nitrogens is 1. The van der Waals surface area contributed by atoms with Gasteiger partial charge in [-0.3, -0.25) is 14.6 Å². The van der Waals surface area contributed by atoms with E-state index >= 15 is 0 Å². The number of carboxylic acids is 1. The molecule has 1 aromatic carbocycles. The fourth-order valence-electron chi connectivity index (χ4n) is 2.52. The first-order valence-electron chi connectivity index (χ1n) is 7.48. The minimum atomic E-state index is -0.801. The number of fused-ring (bicyclic) bond motifs is 1. The van der Waals surface area contributed by atoms with E-state index in [4.69, 9.17) is 5.11 Å². The highest BCUT2D eigenvalue weighted by molar-refractivity contribution is 7.99. The van der Waals surface area contributed by atoms with Gasteiger partial charge in [-0.2, -0.15) is 0 Å². The molecule has 0 fully saturated rings. The minimum absolute atomic E-state index is 0.113. The second kappa shape index (κ2) is 7.46. The molecule has 0 unspecified atom stereocenters. The molecule has 0 radical (unpaired) electrons. The van der Waals surface area contributed by atoms with Crippen LogP contribution in [-0.2, 0) is 16.0 Å². The van der Waals surface area contributed by atoms with Crippen LogP contribution in [0.25, 0.3) is 10.9 Å². The van der Waals surface area contributed by atoms with Crippen molar-refractivity contribution < 1.29 is 14.7 Å². The minimum Gasteiger partial charge on any atom is -0.481 e. The van der Waals surface area contributed by atoms with Crippen LogP contribution in [0.5, 0.6) is 0 Å². The predicted octanol–water partition coefficient (Wildman–Crippen LogP) is 3.63. The number of carbonyl (C=O) groups is 2. The van der Waals surface area contributed by atoms with Gasteiger partial charge in [0.25, 0.3) is 0 Å². The standard InChI is InChI=1S/C17H20N2O3S/c1-4-12-10(2)18-16-13(17(12)23-9-8-15(21)22)6-5-7-14(16)19-11(3)20/h5-7H,4,8-9H2,1-3H3,(H,19,20)(H,21,22). The number of nitrogens with one attached hydrogen (secondary N) is 1. The number of anilines is 1. The Labute approximate surface area is 139 Å². The molecule has 0 saturated carbocycles. The van der Waals surface area contributed by atoms with Crippen molar-refractivity contribution in [1.82, 2.24) is 4.98 Å². The smallest absolute Gasteiger partial charge is 0.304 e. The van der Waals surface area contributed by atoms with Gasteiger partial charge in [0.05, 0.1) is 17.6 Å². The summed E-state index contributed by atoms with van der Waals surface area (Å²) in [5, 5.41) is 12.6. The maximum absolute atomic E-state index is 11.4. The Hall–Kier alpha value is -2.08. The van der Waals surface area contributed by atoms with Crippen LogP contribution in [0, 0.1) is 6.92 Å². The zero-order valence-corrected chi connectivity index (χ0v) is 14.3. The largest absolute Gasteiger partial charge is 0.481 e. The SMILES string of the molecule is CCc1c(C)nc2c(NC(C)=O)cccc2c1SCCC(=O)O. The number of nitrogens with zero attached hydrogens (tertiary/aromatic N) is 1. The summed E-state index contributed by atoms with van der Waals surface area (Å²) in [5.41, 5.74) is 3.47. The molecule has 1 heterocycles.